The van der Waals surface area contributed by atoms with Crippen molar-refractivity contribution in [2.75, 3.05) is 6.61 Å². The average molecular weight is 374 g/mol. The standard InChI is InChI=1S/C15H14N6O6/c22-9-3-1-2-8(4-9)13(23)18-17-10-5-11(12-6-26-14(10)27-12)20-7-16-15(19-20)21(24)25/h1-4,7,11-12,14,22H,5-6H2,(H,18,23)/b17-10+/t11-,12-,14-/m1/s1. The summed E-state index contributed by atoms with van der Waals surface area (Å²) in [4.78, 5) is 25.9. The highest BCUT2D eigenvalue weighted by Gasteiger charge is 2.44. The first-order chi connectivity index (χ1) is 13.0. The number of aromatic hydroxyl groups is 1. The van der Waals surface area contributed by atoms with Gasteiger partial charge in [-0.05, 0) is 23.1 Å². The van der Waals surface area contributed by atoms with Gasteiger partial charge in [0.1, 0.15) is 17.9 Å². The zero-order valence-electron chi connectivity index (χ0n) is 13.8. The van der Waals surface area contributed by atoms with Gasteiger partial charge in [0.2, 0.25) is 6.33 Å². The number of aromatic nitrogens is 3. The zero-order valence-corrected chi connectivity index (χ0v) is 13.8. The van der Waals surface area contributed by atoms with E-state index in [1.54, 1.807) is 6.07 Å². The van der Waals surface area contributed by atoms with E-state index in [1.807, 2.05) is 0 Å². The van der Waals surface area contributed by atoms with E-state index >= 15 is 0 Å². The molecule has 2 aliphatic heterocycles. The Labute approximate surface area is 151 Å². The Hall–Kier alpha value is -3.38. The second-order valence-electron chi connectivity index (χ2n) is 5.99. The van der Waals surface area contributed by atoms with Gasteiger partial charge in [0.15, 0.2) is 6.29 Å². The van der Waals surface area contributed by atoms with Gasteiger partial charge in [-0.1, -0.05) is 11.1 Å². The molecule has 3 atom stereocenters. The topological polar surface area (TPSA) is 154 Å². The number of nitro groups is 1. The number of ether oxygens (including phenoxy) is 2. The van der Waals surface area contributed by atoms with Crippen LogP contribution in [-0.4, -0.2) is 55.4 Å². The summed E-state index contributed by atoms with van der Waals surface area (Å²) in [7, 11) is 0. The number of phenolic OH excluding ortho intramolecular Hbond substituents is 1. The number of hydrazone groups is 1. The van der Waals surface area contributed by atoms with Crippen LogP contribution >= 0.6 is 0 Å². The Balaban J connectivity index is 1.51. The van der Waals surface area contributed by atoms with E-state index in [0.29, 0.717) is 12.1 Å². The lowest BCUT2D eigenvalue weighted by Crippen LogP contribution is -2.38. The largest absolute Gasteiger partial charge is 0.508 e. The van der Waals surface area contributed by atoms with Crippen molar-refractivity contribution in [3.63, 3.8) is 0 Å². The van der Waals surface area contributed by atoms with E-state index in [9.17, 15) is 20.0 Å². The van der Waals surface area contributed by atoms with Crippen LogP contribution in [0.25, 0.3) is 0 Å². The normalized spacial score (nSPS) is 25.5. The van der Waals surface area contributed by atoms with Crippen LogP contribution in [0, 0.1) is 10.1 Å². The molecule has 2 aromatic rings. The molecule has 2 N–H and O–H groups in total. The van der Waals surface area contributed by atoms with Gasteiger partial charge >= 0.3 is 5.95 Å². The van der Waals surface area contributed by atoms with Crippen LogP contribution in [0.4, 0.5) is 5.95 Å². The first-order valence-corrected chi connectivity index (χ1v) is 7.99. The van der Waals surface area contributed by atoms with Crippen LogP contribution in [0.1, 0.15) is 22.8 Å². The summed E-state index contributed by atoms with van der Waals surface area (Å²) in [5.74, 6) is -1.05. The molecule has 2 bridgehead atoms. The SMILES string of the molecule is O=C(N/N=C1\C[C@@H](n2cnc([N+](=O)[O-])n2)[C@H]2CO[C@@H]1O2)c1cccc(O)c1. The van der Waals surface area contributed by atoms with Crippen molar-refractivity contribution in [1.29, 1.82) is 0 Å². The first kappa shape index (κ1) is 17.1. The average Bonchev–Trinajstić information content (AvgIpc) is 3.30. The minimum Gasteiger partial charge on any atom is -0.508 e. The summed E-state index contributed by atoms with van der Waals surface area (Å²) in [5.41, 5.74) is 3.06. The highest BCUT2D eigenvalue weighted by Crippen LogP contribution is 2.33. The van der Waals surface area contributed by atoms with Crippen molar-refractivity contribution in [3.05, 3.63) is 46.3 Å². The Kier molecular flexibility index (Phi) is 4.25. The summed E-state index contributed by atoms with van der Waals surface area (Å²) < 4.78 is 12.6. The third-order valence-electron chi connectivity index (χ3n) is 4.24. The fraction of sp³-hybridized carbons (Fsp3) is 0.333. The van der Waals surface area contributed by atoms with Crippen LogP contribution < -0.4 is 5.43 Å². The number of hydrogen-bond acceptors (Lipinski definition) is 9. The number of fused-ring (bicyclic) bond motifs is 2. The van der Waals surface area contributed by atoms with Crippen molar-refractivity contribution in [2.24, 2.45) is 5.10 Å². The number of hydrogen-bond donors (Lipinski definition) is 2. The molecule has 0 radical (unpaired) electrons. The Morgan fingerprint density at radius 2 is 2.33 bits per heavy atom. The number of amides is 1. The number of carbonyl (C=O) groups is 1. The minimum atomic E-state index is -0.700. The molecule has 27 heavy (non-hydrogen) atoms. The monoisotopic (exact) mass is 374 g/mol. The zero-order chi connectivity index (χ0) is 19.0. The molecule has 0 unspecified atom stereocenters. The van der Waals surface area contributed by atoms with Crippen molar-refractivity contribution >= 4 is 17.6 Å². The molecule has 3 heterocycles. The van der Waals surface area contributed by atoms with Gasteiger partial charge in [-0.2, -0.15) is 9.78 Å². The molecule has 0 aliphatic carbocycles. The minimum absolute atomic E-state index is 0.0360. The van der Waals surface area contributed by atoms with Crippen molar-refractivity contribution < 1.29 is 24.3 Å². The molecule has 0 saturated carbocycles. The van der Waals surface area contributed by atoms with Crippen LogP contribution in [0.2, 0.25) is 0 Å². The maximum Gasteiger partial charge on any atom is 0.490 e. The van der Waals surface area contributed by atoms with Crippen molar-refractivity contribution in [2.45, 2.75) is 24.9 Å². The fourth-order valence-corrected chi connectivity index (χ4v) is 2.94. The summed E-state index contributed by atoms with van der Waals surface area (Å²) in [6.45, 7) is 0.266. The van der Waals surface area contributed by atoms with Gasteiger partial charge in [0, 0.05) is 17.1 Å². The van der Waals surface area contributed by atoms with E-state index in [1.165, 1.54) is 29.2 Å². The molecule has 0 spiro atoms. The summed E-state index contributed by atoms with van der Waals surface area (Å²) in [6.07, 6.45) is 0.524. The lowest BCUT2D eigenvalue weighted by atomic mass is 10.0. The second kappa shape index (κ2) is 6.74. The molecule has 2 saturated heterocycles. The van der Waals surface area contributed by atoms with E-state index in [2.05, 4.69) is 20.6 Å². The van der Waals surface area contributed by atoms with Crippen molar-refractivity contribution in [3.8, 4) is 5.75 Å². The summed E-state index contributed by atoms with van der Waals surface area (Å²) in [5, 5.41) is 28.1. The summed E-state index contributed by atoms with van der Waals surface area (Å²) >= 11 is 0. The van der Waals surface area contributed by atoms with Crippen LogP contribution in [0.3, 0.4) is 0 Å². The highest BCUT2D eigenvalue weighted by molar-refractivity contribution is 5.96. The lowest BCUT2D eigenvalue weighted by molar-refractivity contribution is -0.394. The van der Waals surface area contributed by atoms with Gasteiger partial charge in [0.25, 0.3) is 5.91 Å². The summed E-state index contributed by atoms with van der Waals surface area (Å²) in [6, 6.07) is 5.44. The molecule has 12 heteroatoms. The highest BCUT2D eigenvalue weighted by atomic mass is 16.7. The predicted molar refractivity (Wildman–Crippen MR) is 88.0 cm³/mol. The number of rotatable bonds is 4. The molecule has 2 fully saturated rings. The third-order valence-corrected chi connectivity index (χ3v) is 4.24. The maximum atomic E-state index is 12.2. The van der Waals surface area contributed by atoms with Gasteiger partial charge in [-0.15, -0.1) is 0 Å². The Morgan fingerprint density at radius 1 is 1.48 bits per heavy atom. The molecule has 1 aromatic heterocycles. The molecule has 1 amide bonds. The lowest BCUT2D eigenvalue weighted by Gasteiger charge is -2.26. The van der Waals surface area contributed by atoms with Gasteiger partial charge in [-0.3, -0.25) is 4.79 Å². The van der Waals surface area contributed by atoms with E-state index < -0.39 is 29.1 Å². The van der Waals surface area contributed by atoms with Gasteiger partial charge < -0.3 is 24.7 Å². The second-order valence-corrected chi connectivity index (χ2v) is 5.99. The van der Waals surface area contributed by atoms with Crippen LogP contribution in [0.5, 0.6) is 5.75 Å². The molecular formula is C15H14N6O6. The molecular weight excluding hydrogens is 360 g/mol. The number of carbonyl (C=O) groups excluding carboxylic acids is 1. The number of benzene rings is 1. The smallest absolute Gasteiger partial charge is 0.490 e. The Morgan fingerprint density at radius 3 is 3.07 bits per heavy atom. The predicted octanol–water partition coefficient (Wildman–Crippen LogP) is 0.364. The number of phenols is 1. The first-order valence-electron chi connectivity index (χ1n) is 7.99. The fourth-order valence-electron chi connectivity index (χ4n) is 2.94. The third kappa shape index (κ3) is 3.35. The van der Waals surface area contributed by atoms with Gasteiger partial charge in [0.05, 0.1) is 12.3 Å². The van der Waals surface area contributed by atoms with Gasteiger partial charge in [-0.25, -0.2) is 5.43 Å². The van der Waals surface area contributed by atoms with E-state index in [0.717, 1.165) is 0 Å². The molecule has 1 aromatic carbocycles. The van der Waals surface area contributed by atoms with Crippen molar-refractivity contribution in [1.82, 2.24) is 20.2 Å². The molecule has 2 aliphatic rings. The number of nitrogens with zero attached hydrogens (tertiary/aromatic N) is 5. The molecule has 140 valence electrons. The van der Waals surface area contributed by atoms with Crippen LogP contribution in [-0.2, 0) is 9.47 Å². The number of nitrogens with one attached hydrogen (secondary N) is 1. The Bertz CT molecular complexity index is 927. The van der Waals surface area contributed by atoms with E-state index in [4.69, 9.17) is 9.47 Å². The van der Waals surface area contributed by atoms with Crippen LogP contribution in [0.15, 0.2) is 35.7 Å². The maximum absolute atomic E-state index is 12.2. The van der Waals surface area contributed by atoms with E-state index in [-0.39, 0.29) is 24.0 Å². The molecule has 4 rings (SSSR count). The quantitative estimate of drug-likeness (QED) is 0.574. The molecule has 12 nitrogen and oxygen atoms in total.